The first-order chi connectivity index (χ1) is 9.88. The van der Waals surface area contributed by atoms with E-state index in [1.165, 1.54) is 18.2 Å². The van der Waals surface area contributed by atoms with E-state index >= 15 is 0 Å². The fourth-order valence-electron chi connectivity index (χ4n) is 1.81. The van der Waals surface area contributed by atoms with Gasteiger partial charge in [-0.05, 0) is 31.5 Å². The SMILES string of the molecule is Cc1cc(C)c([N+](=O)[O-])cc1Oc1ccc(C(=O)O)cn1. The van der Waals surface area contributed by atoms with Gasteiger partial charge < -0.3 is 9.84 Å². The van der Waals surface area contributed by atoms with Crippen LogP contribution in [0.2, 0.25) is 0 Å². The summed E-state index contributed by atoms with van der Waals surface area (Å²) in [7, 11) is 0. The maximum Gasteiger partial charge on any atom is 0.337 e. The number of rotatable bonds is 4. The normalized spacial score (nSPS) is 10.2. The molecule has 0 bridgehead atoms. The van der Waals surface area contributed by atoms with Crippen LogP contribution in [0.1, 0.15) is 21.5 Å². The molecule has 0 unspecified atom stereocenters. The monoisotopic (exact) mass is 288 g/mol. The minimum absolute atomic E-state index is 0.0361. The Bertz CT molecular complexity index is 710. The van der Waals surface area contributed by atoms with Gasteiger partial charge in [-0.15, -0.1) is 0 Å². The molecule has 0 amide bonds. The van der Waals surface area contributed by atoms with E-state index in [0.717, 1.165) is 11.8 Å². The van der Waals surface area contributed by atoms with Crippen molar-refractivity contribution in [3.05, 3.63) is 57.3 Å². The minimum atomic E-state index is -1.09. The first kappa shape index (κ1) is 14.4. The van der Waals surface area contributed by atoms with E-state index in [9.17, 15) is 14.9 Å². The van der Waals surface area contributed by atoms with Gasteiger partial charge in [-0.2, -0.15) is 0 Å². The Labute approximate surface area is 120 Å². The number of nitro benzene ring substituents is 1. The van der Waals surface area contributed by atoms with Crippen molar-refractivity contribution in [1.82, 2.24) is 4.98 Å². The van der Waals surface area contributed by atoms with E-state index in [1.807, 2.05) is 0 Å². The third-order valence-corrected chi connectivity index (χ3v) is 2.89. The van der Waals surface area contributed by atoms with Crippen LogP contribution in [0.15, 0.2) is 30.5 Å². The molecule has 0 saturated heterocycles. The maximum absolute atomic E-state index is 10.9. The molecule has 0 aliphatic rings. The van der Waals surface area contributed by atoms with Gasteiger partial charge in [-0.1, -0.05) is 0 Å². The first-order valence-corrected chi connectivity index (χ1v) is 6.01. The lowest BCUT2D eigenvalue weighted by atomic mass is 10.1. The van der Waals surface area contributed by atoms with E-state index in [4.69, 9.17) is 9.84 Å². The van der Waals surface area contributed by atoms with Gasteiger partial charge in [0, 0.05) is 17.8 Å². The van der Waals surface area contributed by atoms with Crippen molar-refractivity contribution in [2.24, 2.45) is 0 Å². The number of benzene rings is 1. The molecule has 21 heavy (non-hydrogen) atoms. The fourth-order valence-corrected chi connectivity index (χ4v) is 1.81. The molecular formula is C14H12N2O5. The number of nitro groups is 1. The average Bonchev–Trinajstić information content (AvgIpc) is 2.42. The number of hydrogen-bond donors (Lipinski definition) is 1. The number of carboxylic acids is 1. The number of aromatic carboxylic acids is 1. The highest BCUT2D eigenvalue weighted by Gasteiger charge is 2.15. The number of aryl methyl sites for hydroxylation is 2. The van der Waals surface area contributed by atoms with Gasteiger partial charge in [0.25, 0.3) is 5.69 Å². The Kier molecular flexibility index (Phi) is 3.84. The number of pyridine rings is 1. The summed E-state index contributed by atoms with van der Waals surface area (Å²) in [5, 5.41) is 19.7. The summed E-state index contributed by atoms with van der Waals surface area (Å²) < 4.78 is 5.48. The van der Waals surface area contributed by atoms with Gasteiger partial charge in [-0.25, -0.2) is 9.78 Å². The van der Waals surface area contributed by atoms with Crippen LogP contribution in [0, 0.1) is 24.0 Å². The molecule has 7 heteroatoms. The Hall–Kier alpha value is -2.96. The van der Waals surface area contributed by atoms with Crippen molar-refractivity contribution < 1.29 is 19.6 Å². The average molecular weight is 288 g/mol. The van der Waals surface area contributed by atoms with Crippen LogP contribution in [0.25, 0.3) is 0 Å². The van der Waals surface area contributed by atoms with Gasteiger partial charge in [0.1, 0.15) is 5.75 Å². The highest BCUT2D eigenvalue weighted by atomic mass is 16.6. The first-order valence-electron chi connectivity index (χ1n) is 6.01. The summed E-state index contributed by atoms with van der Waals surface area (Å²) in [5.74, 6) is -0.611. The molecule has 1 aromatic carbocycles. The predicted octanol–water partition coefficient (Wildman–Crippen LogP) is 3.10. The maximum atomic E-state index is 10.9. The number of aromatic nitrogens is 1. The fraction of sp³-hybridized carbons (Fsp3) is 0.143. The van der Waals surface area contributed by atoms with E-state index in [1.54, 1.807) is 19.9 Å². The number of carbonyl (C=O) groups is 1. The summed E-state index contributed by atoms with van der Waals surface area (Å²) in [6, 6.07) is 5.73. The topological polar surface area (TPSA) is 103 Å². The van der Waals surface area contributed by atoms with E-state index in [2.05, 4.69) is 4.98 Å². The Morgan fingerprint density at radius 2 is 2.00 bits per heavy atom. The van der Waals surface area contributed by atoms with Crippen LogP contribution in [-0.2, 0) is 0 Å². The molecule has 108 valence electrons. The molecule has 0 aliphatic carbocycles. The van der Waals surface area contributed by atoms with Crippen LogP contribution in [0.5, 0.6) is 11.6 Å². The molecule has 0 saturated carbocycles. The molecule has 2 aromatic rings. The van der Waals surface area contributed by atoms with Crippen LogP contribution in [0.4, 0.5) is 5.69 Å². The molecule has 2 rings (SSSR count). The second-order valence-corrected chi connectivity index (χ2v) is 4.45. The second-order valence-electron chi connectivity index (χ2n) is 4.45. The van der Waals surface area contributed by atoms with Crippen molar-refractivity contribution in [1.29, 1.82) is 0 Å². The zero-order valence-electron chi connectivity index (χ0n) is 11.4. The Balaban J connectivity index is 2.32. The van der Waals surface area contributed by atoms with Crippen LogP contribution < -0.4 is 4.74 Å². The molecule has 0 radical (unpaired) electrons. The minimum Gasteiger partial charge on any atom is -0.478 e. The molecule has 0 fully saturated rings. The van der Waals surface area contributed by atoms with Crippen LogP contribution >= 0.6 is 0 Å². The summed E-state index contributed by atoms with van der Waals surface area (Å²) in [6.07, 6.45) is 1.16. The number of ether oxygens (including phenoxy) is 1. The summed E-state index contributed by atoms with van der Waals surface area (Å²) in [4.78, 5) is 25.0. The molecule has 1 aromatic heterocycles. The molecule has 0 spiro atoms. The molecule has 1 heterocycles. The van der Waals surface area contributed by atoms with Crippen molar-refractivity contribution in [2.75, 3.05) is 0 Å². The van der Waals surface area contributed by atoms with Crippen molar-refractivity contribution in [3.63, 3.8) is 0 Å². The van der Waals surface area contributed by atoms with E-state index < -0.39 is 10.9 Å². The lowest BCUT2D eigenvalue weighted by Gasteiger charge is -2.09. The lowest BCUT2D eigenvalue weighted by molar-refractivity contribution is -0.385. The van der Waals surface area contributed by atoms with Gasteiger partial charge in [0.2, 0.25) is 5.88 Å². The zero-order chi connectivity index (χ0) is 15.6. The smallest absolute Gasteiger partial charge is 0.337 e. The third kappa shape index (κ3) is 3.14. The van der Waals surface area contributed by atoms with Crippen LogP contribution in [-0.4, -0.2) is 21.0 Å². The van der Waals surface area contributed by atoms with Gasteiger partial charge in [0.05, 0.1) is 16.6 Å². The zero-order valence-corrected chi connectivity index (χ0v) is 11.4. The molecule has 0 atom stereocenters. The number of hydrogen-bond acceptors (Lipinski definition) is 5. The summed E-state index contributed by atoms with van der Waals surface area (Å²) in [5.41, 5.74) is 1.26. The van der Waals surface area contributed by atoms with Crippen molar-refractivity contribution in [3.8, 4) is 11.6 Å². The van der Waals surface area contributed by atoms with Crippen molar-refractivity contribution in [2.45, 2.75) is 13.8 Å². The van der Waals surface area contributed by atoms with Gasteiger partial charge >= 0.3 is 5.97 Å². The number of carboxylic acid groups (broad SMARTS) is 1. The standard InChI is InChI=1S/C14H12N2O5/c1-8-5-9(2)12(6-11(8)16(19)20)21-13-4-3-10(7-15-13)14(17)18/h3-7H,1-2H3,(H,17,18). The summed E-state index contributed by atoms with van der Waals surface area (Å²) in [6.45, 7) is 3.41. The molecule has 1 N–H and O–H groups in total. The molecular weight excluding hydrogens is 276 g/mol. The Morgan fingerprint density at radius 3 is 2.52 bits per heavy atom. The summed E-state index contributed by atoms with van der Waals surface area (Å²) >= 11 is 0. The third-order valence-electron chi connectivity index (χ3n) is 2.89. The van der Waals surface area contributed by atoms with E-state index in [0.29, 0.717) is 11.3 Å². The molecule has 0 aliphatic heterocycles. The molecule has 7 nitrogen and oxygen atoms in total. The second kappa shape index (κ2) is 5.58. The quantitative estimate of drug-likeness (QED) is 0.685. The highest BCUT2D eigenvalue weighted by molar-refractivity contribution is 5.87. The van der Waals surface area contributed by atoms with Gasteiger partial charge in [0.15, 0.2) is 0 Å². The van der Waals surface area contributed by atoms with Crippen LogP contribution in [0.3, 0.4) is 0 Å². The highest BCUT2D eigenvalue weighted by Crippen LogP contribution is 2.30. The van der Waals surface area contributed by atoms with Crippen molar-refractivity contribution >= 4 is 11.7 Å². The van der Waals surface area contributed by atoms with Gasteiger partial charge in [-0.3, -0.25) is 10.1 Å². The van der Waals surface area contributed by atoms with E-state index in [-0.39, 0.29) is 17.1 Å². The lowest BCUT2D eigenvalue weighted by Crippen LogP contribution is -1.99. The largest absolute Gasteiger partial charge is 0.478 e. The number of nitrogens with zero attached hydrogens (tertiary/aromatic N) is 2. The predicted molar refractivity (Wildman–Crippen MR) is 73.8 cm³/mol. The Morgan fingerprint density at radius 1 is 1.29 bits per heavy atom.